The minimum Gasteiger partial charge on any atom is -0.352 e. The highest BCUT2D eigenvalue weighted by Gasteiger charge is 2.40. The molecule has 2 aliphatic rings. The highest BCUT2D eigenvalue weighted by molar-refractivity contribution is 7.99. The first-order valence-electron chi connectivity index (χ1n) is 13.7. The second-order valence-corrected chi connectivity index (χ2v) is 13.3. The third-order valence-electron chi connectivity index (χ3n) is 8.03. The van der Waals surface area contributed by atoms with Gasteiger partial charge in [0.15, 0.2) is 0 Å². The van der Waals surface area contributed by atoms with Crippen LogP contribution in [0.3, 0.4) is 0 Å². The van der Waals surface area contributed by atoms with Gasteiger partial charge in [0.2, 0.25) is 5.91 Å². The van der Waals surface area contributed by atoms with Crippen molar-refractivity contribution >= 4 is 57.3 Å². The Morgan fingerprint density at radius 2 is 1.91 bits per heavy atom. The minimum atomic E-state index is -4.76. The van der Waals surface area contributed by atoms with Gasteiger partial charge < -0.3 is 9.80 Å². The van der Waals surface area contributed by atoms with Gasteiger partial charge in [-0.1, -0.05) is 18.2 Å². The zero-order chi connectivity index (χ0) is 31.5. The first kappa shape index (κ1) is 30.6. The number of alkyl halides is 3. The Bertz CT molecular complexity index is 1850. The van der Waals surface area contributed by atoms with Crippen LogP contribution in [0.5, 0.6) is 0 Å². The number of thiophene rings is 1. The fourth-order valence-electron chi connectivity index (χ4n) is 6.23. The Hall–Kier alpha value is -3.42. The number of nitrogens with zero attached hydrogens (tertiary/aromatic N) is 5. The average molecular weight is 664 g/mol. The molecule has 0 spiro atoms. The van der Waals surface area contributed by atoms with Crippen LogP contribution < -0.4 is 10.6 Å². The predicted octanol–water partition coefficient (Wildman–Crippen LogP) is 6.83. The summed E-state index contributed by atoms with van der Waals surface area (Å²) in [6, 6.07) is 3.09. The molecular formula is C30H26ClF4N5O2S2. The van der Waals surface area contributed by atoms with Crippen molar-refractivity contribution in [3.63, 3.8) is 0 Å². The molecule has 1 amide bonds. The monoisotopic (exact) mass is 663 g/mol. The van der Waals surface area contributed by atoms with Crippen LogP contribution in [0.15, 0.2) is 58.3 Å². The molecule has 0 radical (unpaired) electrons. The van der Waals surface area contributed by atoms with Crippen molar-refractivity contribution in [1.29, 1.82) is 0 Å². The number of hydrogen-bond acceptors (Lipinski definition) is 7. The number of aromatic nitrogens is 3. The van der Waals surface area contributed by atoms with Crippen LogP contribution in [0, 0.1) is 5.82 Å². The molecular weight excluding hydrogens is 638 g/mol. The molecule has 0 saturated carbocycles. The smallest absolute Gasteiger partial charge is 0.352 e. The molecule has 44 heavy (non-hydrogen) atoms. The molecule has 1 fully saturated rings. The van der Waals surface area contributed by atoms with Gasteiger partial charge in [-0.3, -0.25) is 14.3 Å². The molecule has 2 aliphatic heterocycles. The average Bonchev–Trinajstić information content (AvgIpc) is 3.29. The first-order valence-corrected chi connectivity index (χ1v) is 16.0. The van der Waals surface area contributed by atoms with Crippen LogP contribution in [0.1, 0.15) is 30.9 Å². The topological polar surface area (TPSA) is 71.3 Å². The lowest BCUT2D eigenvalue weighted by Crippen LogP contribution is -2.58. The van der Waals surface area contributed by atoms with E-state index in [1.165, 1.54) is 35.2 Å². The Kier molecular flexibility index (Phi) is 8.00. The van der Waals surface area contributed by atoms with Crippen LogP contribution in [0.2, 0.25) is 5.02 Å². The SMILES string of the molecule is C=CC(=O)N1[C@H](C)CN(c2nc(=O)n3c4c(c(-c5cc(Cl)cs5)c(C(F)(F)F)cc24)SC[C@@H](c2cnccc2F)C3)C[C@@H]1C. The molecule has 5 heterocycles. The van der Waals surface area contributed by atoms with E-state index in [2.05, 4.69) is 16.5 Å². The van der Waals surface area contributed by atoms with Crippen molar-refractivity contribution in [2.45, 2.75) is 49.5 Å². The van der Waals surface area contributed by atoms with Crippen LogP contribution in [0.25, 0.3) is 21.3 Å². The highest BCUT2D eigenvalue weighted by Crippen LogP contribution is 2.51. The van der Waals surface area contributed by atoms with Crippen molar-refractivity contribution in [2.24, 2.45) is 0 Å². The van der Waals surface area contributed by atoms with E-state index in [-0.39, 0.29) is 70.6 Å². The molecule has 1 saturated heterocycles. The number of piperazine rings is 1. The van der Waals surface area contributed by atoms with Crippen molar-refractivity contribution in [2.75, 3.05) is 23.7 Å². The van der Waals surface area contributed by atoms with Crippen molar-refractivity contribution in [3.8, 4) is 10.4 Å². The Labute approximate surface area is 263 Å². The molecule has 0 aliphatic carbocycles. The molecule has 0 N–H and O–H groups in total. The van der Waals surface area contributed by atoms with Gasteiger partial charge >= 0.3 is 11.9 Å². The van der Waals surface area contributed by atoms with E-state index >= 15 is 0 Å². The molecule has 1 aromatic carbocycles. The number of benzene rings is 1. The van der Waals surface area contributed by atoms with Gasteiger partial charge in [0.25, 0.3) is 0 Å². The lowest BCUT2D eigenvalue weighted by atomic mass is 9.99. The summed E-state index contributed by atoms with van der Waals surface area (Å²) in [4.78, 5) is 38.7. The van der Waals surface area contributed by atoms with E-state index in [4.69, 9.17) is 11.6 Å². The number of hydrogen-bond donors (Lipinski definition) is 0. The molecule has 4 aromatic rings. The van der Waals surface area contributed by atoms with Crippen LogP contribution in [-0.2, 0) is 17.5 Å². The number of carbonyl (C=O) groups excluding carboxylic acids is 1. The second-order valence-electron chi connectivity index (χ2n) is 10.9. The number of amides is 1. The number of pyridine rings is 1. The van der Waals surface area contributed by atoms with E-state index < -0.39 is 29.2 Å². The molecule has 230 valence electrons. The standard InChI is InChI=1S/C30H26ClF4N5O2S2/c1-4-24(41)40-15(2)10-38(11-16(40)3)28-19-8-21(30(33,34)35)25(23-7-18(31)14-43-23)27-26(19)39(29(42)37-28)12-17(13-44-27)20-9-36-6-5-22(20)32/h4-9,14-17H,1,10-13H2,2-3H3/t15-,16+,17-/m0/s1. The zero-order valence-electron chi connectivity index (χ0n) is 23.6. The molecule has 0 bridgehead atoms. The van der Waals surface area contributed by atoms with E-state index in [1.54, 1.807) is 15.2 Å². The van der Waals surface area contributed by atoms with Gasteiger partial charge in [0.1, 0.15) is 11.6 Å². The van der Waals surface area contributed by atoms with Crippen LogP contribution in [-0.4, -0.2) is 56.3 Å². The summed E-state index contributed by atoms with van der Waals surface area (Å²) in [7, 11) is 0. The fraction of sp³-hybridized carbons (Fsp3) is 0.333. The van der Waals surface area contributed by atoms with Gasteiger partial charge in [-0.15, -0.1) is 23.1 Å². The number of carbonyl (C=O) groups is 1. The van der Waals surface area contributed by atoms with Crippen molar-refractivity contribution in [1.82, 2.24) is 19.4 Å². The minimum absolute atomic E-state index is 0.00432. The number of halogens is 5. The highest BCUT2D eigenvalue weighted by atomic mass is 35.5. The lowest BCUT2D eigenvalue weighted by Gasteiger charge is -2.44. The fourth-order valence-corrected chi connectivity index (χ4v) is 8.81. The maximum atomic E-state index is 14.9. The van der Waals surface area contributed by atoms with Gasteiger partial charge in [-0.05, 0) is 38.1 Å². The summed E-state index contributed by atoms with van der Waals surface area (Å²) in [6.45, 7) is 7.71. The summed E-state index contributed by atoms with van der Waals surface area (Å²) in [6.07, 6.45) is -0.830. The van der Waals surface area contributed by atoms with Crippen molar-refractivity contribution < 1.29 is 22.4 Å². The molecule has 3 atom stereocenters. The van der Waals surface area contributed by atoms with Gasteiger partial charge in [0, 0.05) is 87.4 Å². The summed E-state index contributed by atoms with van der Waals surface area (Å²) >= 11 is 8.40. The summed E-state index contributed by atoms with van der Waals surface area (Å²) in [5.41, 5.74) is -1.06. The third-order valence-corrected chi connectivity index (χ3v) is 10.6. The normalized spacial score (nSPS) is 20.6. The van der Waals surface area contributed by atoms with Gasteiger partial charge in [-0.25, -0.2) is 9.18 Å². The van der Waals surface area contributed by atoms with Gasteiger partial charge in [-0.2, -0.15) is 18.2 Å². The third kappa shape index (κ3) is 5.28. The quantitative estimate of drug-likeness (QED) is 0.176. The number of rotatable bonds is 4. The second kappa shape index (κ2) is 11.5. The van der Waals surface area contributed by atoms with E-state index in [0.29, 0.717) is 15.4 Å². The maximum Gasteiger partial charge on any atom is 0.417 e. The Balaban J connectivity index is 1.63. The summed E-state index contributed by atoms with van der Waals surface area (Å²) in [5.74, 6) is -1.04. The van der Waals surface area contributed by atoms with Crippen molar-refractivity contribution in [3.05, 3.63) is 81.1 Å². The molecule has 14 heteroatoms. The van der Waals surface area contributed by atoms with E-state index in [1.807, 2.05) is 13.8 Å². The van der Waals surface area contributed by atoms with Gasteiger partial charge in [0.05, 0.1) is 16.1 Å². The van der Waals surface area contributed by atoms with Crippen LogP contribution >= 0.6 is 34.7 Å². The lowest BCUT2D eigenvalue weighted by molar-refractivity contribution is -0.137. The summed E-state index contributed by atoms with van der Waals surface area (Å²) < 4.78 is 61.0. The molecule has 0 unspecified atom stereocenters. The summed E-state index contributed by atoms with van der Waals surface area (Å²) in [5, 5.41) is 2.00. The Morgan fingerprint density at radius 1 is 1.18 bits per heavy atom. The number of anilines is 1. The van der Waals surface area contributed by atoms with E-state index in [9.17, 15) is 27.2 Å². The Morgan fingerprint density at radius 3 is 2.52 bits per heavy atom. The first-order chi connectivity index (χ1) is 20.9. The van der Waals surface area contributed by atoms with Crippen LogP contribution in [0.4, 0.5) is 23.4 Å². The predicted molar refractivity (Wildman–Crippen MR) is 165 cm³/mol. The molecule has 3 aromatic heterocycles. The largest absolute Gasteiger partial charge is 0.417 e. The van der Waals surface area contributed by atoms with E-state index in [0.717, 1.165) is 29.2 Å². The molecule has 7 nitrogen and oxygen atoms in total. The zero-order valence-corrected chi connectivity index (χ0v) is 26.0. The maximum absolute atomic E-state index is 14.9. The number of thioether (sulfide) groups is 1. The molecule has 6 rings (SSSR count).